The average Bonchev–Trinajstić information content (AvgIpc) is 1.59. The summed E-state index contributed by atoms with van der Waals surface area (Å²) in [6.45, 7) is 5.36. The van der Waals surface area contributed by atoms with Crippen LogP contribution in [0.5, 0.6) is 0 Å². The van der Waals surface area contributed by atoms with Gasteiger partial charge in [0.1, 0.15) is 9.80 Å². The monoisotopic (exact) mass is 147 g/mol. The molecule has 53 valence electrons. The predicted molar refractivity (Wildman–Crippen MR) is 40.2 cm³/mol. The Morgan fingerprint density at radius 2 is 2.11 bits per heavy atom. The van der Waals surface area contributed by atoms with E-state index in [0.717, 1.165) is 5.57 Å². The first-order valence-electron chi connectivity index (χ1n) is 2.62. The van der Waals surface area contributed by atoms with Crippen molar-refractivity contribution in [1.29, 1.82) is 0 Å². The first-order chi connectivity index (χ1) is 3.92. The Bertz CT molecular complexity index is 189. The predicted octanol–water partition coefficient (Wildman–Crippen LogP) is 1.01. The van der Waals surface area contributed by atoms with Crippen LogP contribution in [0, 0.1) is 0 Å². The molecule has 0 amide bonds. The highest BCUT2D eigenvalue weighted by molar-refractivity contribution is 7.94. The quantitative estimate of drug-likeness (QED) is 0.433. The average molecular weight is 147 g/mol. The summed E-state index contributed by atoms with van der Waals surface area (Å²) in [6.07, 6.45) is 0.520. The molecule has 0 bridgehead atoms. The van der Waals surface area contributed by atoms with Crippen LogP contribution in [0.1, 0.15) is 13.3 Å². The van der Waals surface area contributed by atoms with Crippen LogP contribution in [0.3, 0.4) is 0 Å². The summed E-state index contributed by atoms with van der Waals surface area (Å²) in [6, 6.07) is 0. The second-order valence-electron chi connectivity index (χ2n) is 2.15. The number of hydrogen-bond acceptors (Lipinski definition) is 1. The molecule has 0 aliphatic carbocycles. The third-order valence-electron chi connectivity index (χ3n) is 0.840. The minimum Gasteiger partial charge on any atom is -0.238 e. The summed E-state index contributed by atoms with van der Waals surface area (Å²) >= 11 is 0. The van der Waals surface area contributed by atoms with Gasteiger partial charge >= 0.3 is 0 Å². The van der Waals surface area contributed by atoms with E-state index in [1.807, 2.05) is 0 Å². The van der Waals surface area contributed by atoms with Crippen LogP contribution in [0.25, 0.3) is 0 Å². The van der Waals surface area contributed by atoms with E-state index in [2.05, 4.69) is 12.4 Å². The van der Waals surface area contributed by atoms with E-state index in [-0.39, 0.29) is 5.75 Å². The van der Waals surface area contributed by atoms with E-state index in [0.29, 0.717) is 6.42 Å². The van der Waals surface area contributed by atoms with Gasteiger partial charge in [0.15, 0.2) is 0 Å². The third kappa shape index (κ3) is 7.72. The Morgan fingerprint density at radius 1 is 1.67 bits per heavy atom. The molecule has 0 spiro atoms. The Kier molecular flexibility index (Phi) is 2.94. The minimum atomic E-state index is -3.03. The molecular weight excluding hydrogens is 136 g/mol. The van der Waals surface area contributed by atoms with Crippen molar-refractivity contribution in [3.05, 3.63) is 12.2 Å². The summed E-state index contributed by atoms with van der Waals surface area (Å²) in [4.78, 5) is 0. The second kappa shape index (κ2) is 3.03. The van der Waals surface area contributed by atoms with Crippen molar-refractivity contribution in [3.63, 3.8) is 0 Å². The maximum atomic E-state index is 10.4. The molecule has 0 aromatic carbocycles. The summed E-state index contributed by atoms with van der Waals surface area (Å²) < 4.78 is 20.8. The molecule has 0 rings (SSSR count). The molecule has 1 unspecified atom stereocenters. The SMILES string of the molecule is C=C(C)CCS(=C)([O])=O. The standard InChI is InChI=1S/C6H11O2S/c1-6(2)4-5-9(3,7)8/h1,3-5H2,2H3. The van der Waals surface area contributed by atoms with Gasteiger partial charge in [0, 0.05) is 5.75 Å². The molecule has 0 aromatic heterocycles. The lowest BCUT2D eigenvalue weighted by Crippen LogP contribution is -2.01. The third-order valence-corrected chi connectivity index (χ3v) is 1.67. The molecule has 9 heavy (non-hydrogen) atoms. The number of allylic oxidation sites excluding steroid dienone is 1. The van der Waals surface area contributed by atoms with Gasteiger partial charge in [-0.05, 0) is 19.2 Å². The molecule has 0 N–H and O–H groups in total. The van der Waals surface area contributed by atoms with Crippen LogP contribution in [0.2, 0.25) is 0 Å². The van der Waals surface area contributed by atoms with Crippen molar-refractivity contribution in [3.8, 4) is 0 Å². The highest BCUT2D eigenvalue weighted by Gasteiger charge is 1.97. The Hall–Kier alpha value is -0.280. The molecule has 1 radical (unpaired) electrons. The molecule has 0 aromatic rings. The molecule has 2 nitrogen and oxygen atoms in total. The van der Waals surface area contributed by atoms with Gasteiger partial charge in [-0.15, -0.1) is 11.1 Å². The zero-order valence-corrected chi connectivity index (χ0v) is 6.37. The fourth-order valence-corrected chi connectivity index (χ4v) is 0.989. The zero-order chi connectivity index (χ0) is 7.49. The van der Waals surface area contributed by atoms with Gasteiger partial charge in [0.25, 0.3) is 0 Å². The van der Waals surface area contributed by atoms with Crippen molar-refractivity contribution in [2.24, 2.45) is 0 Å². The van der Waals surface area contributed by atoms with Crippen molar-refractivity contribution < 1.29 is 8.76 Å². The summed E-state index contributed by atoms with van der Waals surface area (Å²) in [7, 11) is -3.03. The maximum absolute atomic E-state index is 10.4. The van der Waals surface area contributed by atoms with E-state index in [1.54, 1.807) is 6.92 Å². The number of rotatable bonds is 3. The Labute approximate surface area is 56.4 Å². The van der Waals surface area contributed by atoms with Gasteiger partial charge in [-0.1, -0.05) is 5.57 Å². The lowest BCUT2D eigenvalue weighted by molar-refractivity contribution is 0.469. The molecule has 0 aliphatic rings. The molecule has 0 heterocycles. The van der Waals surface area contributed by atoms with Crippen molar-refractivity contribution >= 4 is 15.7 Å². The van der Waals surface area contributed by atoms with Crippen LogP contribution in [0.4, 0.5) is 0 Å². The molecular formula is C6H11O2S. The van der Waals surface area contributed by atoms with Gasteiger partial charge in [0.2, 0.25) is 0 Å². The lowest BCUT2D eigenvalue weighted by atomic mass is 10.3. The van der Waals surface area contributed by atoms with Crippen LogP contribution < -0.4 is 0 Å². The lowest BCUT2D eigenvalue weighted by Gasteiger charge is -1.96. The zero-order valence-electron chi connectivity index (χ0n) is 5.55. The van der Waals surface area contributed by atoms with Crippen molar-refractivity contribution in [1.82, 2.24) is 0 Å². The van der Waals surface area contributed by atoms with Gasteiger partial charge in [0.05, 0.1) is 0 Å². The smallest absolute Gasteiger partial charge is 0.111 e. The highest BCUT2D eigenvalue weighted by Crippen LogP contribution is 1.97. The molecule has 0 saturated carbocycles. The second-order valence-corrected chi connectivity index (χ2v) is 4.05. The maximum Gasteiger partial charge on any atom is 0.111 e. The van der Waals surface area contributed by atoms with E-state index >= 15 is 0 Å². The first kappa shape index (κ1) is 8.72. The van der Waals surface area contributed by atoms with E-state index in [4.69, 9.17) is 0 Å². The van der Waals surface area contributed by atoms with Crippen LogP contribution >= 0.6 is 0 Å². The summed E-state index contributed by atoms with van der Waals surface area (Å²) in [5.41, 5.74) is 0.877. The molecule has 1 atom stereocenters. The minimum absolute atomic E-state index is 0.113. The van der Waals surface area contributed by atoms with Crippen LogP contribution in [-0.2, 0) is 14.4 Å². The summed E-state index contributed by atoms with van der Waals surface area (Å²) in [5.74, 6) is 3.09. The van der Waals surface area contributed by atoms with Crippen LogP contribution in [-0.4, -0.2) is 15.8 Å². The van der Waals surface area contributed by atoms with E-state index in [9.17, 15) is 8.76 Å². The van der Waals surface area contributed by atoms with E-state index < -0.39 is 9.80 Å². The van der Waals surface area contributed by atoms with Crippen molar-refractivity contribution in [2.45, 2.75) is 13.3 Å². The number of hydrogen-bond donors (Lipinski definition) is 0. The Morgan fingerprint density at radius 3 is 2.22 bits per heavy atom. The summed E-state index contributed by atoms with van der Waals surface area (Å²) in [5, 5.41) is 0. The molecule has 3 heteroatoms. The highest BCUT2D eigenvalue weighted by atomic mass is 32.2. The van der Waals surface area contributed by atoms with E-state index in [1.165, 1.54) is 0 Å². The van der Waals surface area contributed by atoms with Gasteiger partial charge < -0.3 is 0 Å². The van der Waals surface area contributed by atoms with Gasteiger partial charge in [-0.25, -0.2) is 4.21 Å². The molecule has 0 saturated heterocycles. The van der Waals surface area contributed by atoms with Gasteiger partial charge in [-0.2, -0.15) is 0 Å². The fraction of sp³-hybridized carbons (Fsp3) is 0.500. The normalized spacial score (nSPS) is 16.7. The fourth-order valence-electron chi connectivity index (χ4n) is 0.330. The molecule has 0 fully saturated rings. The topological polar surface area (TPSA) is 37.0 Å². The largest absolute Gasteiger partial charge is 0.238 e. The molecule has 0 aliphatic heterocycles. The van der Waals surface area contributed by atoms with Crippen molar-refractivity contribution in [2.75, 3.05) is 5.75 Å². The first-order valence-corrected chi connectivity index (χ1v) is 4.44. The van der Waals surface area contributed by atoms with Crippen LogP contribution in [0.15, 0.2) is 12.2 Å². The Balaban J connectivity index is 3.67. The van der Waals surface area contributed by atoms with Gasteiger partial charge in [-0.3, -0.25) is 0 Å².